The third-order valence-corrected chi connectivity index (χ3v) is 3.66. The molecule has 1 saturated heterocycles. The maximum Gasteiger partial charge on any atom is 0.0948 e. The number of hydrogen-bond donors (Lipinski definition) is 1. The highest BCUT2D eigenvalue weighted by Crippen LogP contribution is 2.24. The molecule has 2 aromatic heterocycles. The third-order valence-electron chi connectivity index (χ3n) is 3.66. The van der Waals surface area contributed by atoms with Gasteiger partial charge in [0, 0.05) is 43.3 Å². The predicted molar refractivity (Wildman–Crippen MR) is 69.3 cm³/mol. The lowest BCUT2D eigenvalue weighted by molar-refractivity contribution is 0.433. The first-order chi connectivity index (χ1) is 8.93. The van der Waals surface area contributed by atoms with Crippen molar-refractivity contribution in [2.75, 3.05) is 13.1 Å². The molecule has 0 radical (unpaired) electrons. The fraction of sp³-hybridized carbons (Fsp3) is 0.538. The Labute approximate surface area is 107 Å². The second kappa shape index (κ2) is 5.35. The Hall–Kier alpha value is -1.62. The van der Waals surface area contributed by atoms with Crippen LogP contribution in [-0.2, 0) is 13.1 Å². The average Bonchev–Trinajstić information content (AvgIpc) is 3.09. The standard InChI is InChI=1S/C13H19N5/c1-3-14-4-2-12(1)13-9-16-11-18(13)8-7-17-6-5-15-10-17/h5-6,9-12,14H,1-4,7-8H2. The van der Waals surface area contributed by atoms with Gasteiger partial charge in [0.15, 0.2) is 0 Å². The Morgan fingerprint density at radius 3 is 2.83 bits per heavy atom. The van der Waals surface area contributed by atoms with E-state index in [2.05, 4.69) is 24.4 Å². The summed E-state index contributed by atoms with van der Waals surface area (Å²) in [7, 11) is 0. The van der Waals surface area contributed by atoms with Gasteiger partial charge in [-0.25, -0.2) is 9.97 Å². The summed E-state index contributed by atoms with van der Waals surface area (Å²) in [5, 5.41) is 3.41. The van der Waals surface area contributed by atoms with E-state index in [1.165, 1.54) is 18.5 Å². The van der Waals surface area contributed by atoms with Gasteiger partial charge in [-0.1, -0.05) is 0 Å². The van der Waals surface area contributed by atoms with E-state index in [1.807, 2.05) is 31.2 Å². The maximum atomic E-state index is 4.31. The van der Waals surface area contributed by atoms with Crippen molar-refractivity contribution in [1.82, 2.24) is 24.4 Å². The van der Waals surface area contributed by atoms with Gasteiger partial charge in [-0.05, 0) is 25.9 Å². The van der Waals surface area contributed by atoms with Crippen LogP contribution in [0.25, 0.3) is 0 Å². The SMILES string of the molecule is c1cn(CCn2cncc2C2CCNCC2)cn1. The van der Waals surface area contributed by atoms with Crippen LogP contribution < -0.4 is 5.32 Å². The van der Waals surface area contributed by atoms with Crippen molar-refractivity contribution in [3.8, 4) is 0 Å². The minimum Gasteiger partial charge on any atom is -0.336 e. The molecule has 1 N–H and O–H groups in total. The van der Waals surface area contributed by atoms with Crippen molar-refractivity contribution in [3.05, 3.63) is 36.9 Å². The van der Waals surface area contributed by atoms with Gasteiger partial charge in [0.1, 0.15) is 0 Å². The van der Waals surface area contributed by atoms with Crippen molar-refractivity contribution >= 4 is 0 Å². The first-order valence-corrected chi connectivity index (χ1v) is 6.60. The summed E-state index contributed by atoms with van der Waals surface area (Å²) >= 11 is 0. The largest absolute Gasteiger partial charge is 0.336 e. The van der Waals surface area contributed by atoms with E-state index >= 15 is 0 Å². The summed E-state index contributed by atoms with van der Waals surface area (Å²) in [5.41, 5.74) is 1.39. The molecular formula is C13H19N5. The Kier molecular flexibility index (Phi) is 3.41. The van der Waals surface area contributed by atoms with Crippen molar-refractivity contribution < 1.29 is 0 Å². The fourth-order valence-corrected chi connectivity index (χ4v) is 2.62. The lowest BCUT2D eigenvalue weighted by Crippen LogP contribution is -2.27. The minimum absolute atomic E-state index is 0.663. The number of piperidine rings is 1. The molecule has 1 aliphatic heterocycles. The molecule has 0 spiro atoms. The Morgan fingerprint density at radius 1 is 1.17 bits per heavy atom. The molecule has 96 valence electrons. The van der Waals surface area contributed by atoms with Gasteiger partial charge in [-0.2, -0.15) is 0 Å². The monoisotopic (exact) mass is 245 g/mol. The van der Waals surface area contributed by atoms with Crippen LogP contribution in [0.5, 0.6) is 0 Å². The number of imidazole rings is 2. The quantitative estimate of drug-likeness (QED) is 0.882. The smallest absolute Gasteiger partial charge is 0.0948 e. The molecule has 0 saturated carbocycles. The predicted octanol–water partition coefficient (Wildman–Crippen LogP) is 1.25. The van der Waals surface area contributed by atoms with E-state index in [0.29, 0.717) is 5.92 Å². The van der Waals surface area contributed by atoms with E-state index in [1.54, 1.807) is 0 Å². The molecule has 1 aliphatic rings. The minimum atomic E-state index is 0.663. The van der Waals surface area contributed by atoms with Crippen LogP contribution in [0.15, 0.2) is 31.2 Å². The number of nitrogens with zero attached hydrogens (tertiary/aromatic N) is 4. The second-order valence-electron chi connectivity index (χ2n) is 4.84. The molecule has 0 unspecified atom stereocenters. The van der Waals surface area contributed by atoms with E-state index in [-0.39, 0.29) is 0 Å². The molecule has 0 amide bonds. The zero-order valence-electron chi connectivity index (χ0n) is 10.5. The van der Waals surface area contributed by atoms with E-state index in [0.717, 1.165) is 26.2 Å². The molecule has 2 aromatic rings. The number of rotatable bonds is 4. The van der Waals surface area contributed by atoms with E-state index in [9.17, 15) is 0 Å². The molecule has 5 heteroatoms. The first kappa shape index (κ1) is 11.5. The molecule has 0 aromatic carbocycles. The van der Waals surface area contributed by atoms with Crippen LogP contribution in [0, 0.1) is 0 Å². The average molecular weight is 245 g/mol. The van der Waals surface area contributed by atoms with Gasteiger partial charge in [0.25, 0.3) is 0 Å². The van der Waals surface area contributed by atoms with Gasteiger partial charge < -0.3 is 14.5 Å². The number of aromatic nitrogens is 4. The van der Waals surface area contributed by atoms with Gasteiger partial charge in [-0.15, -0.1) is 0 Å². The van der Waals surface area contributed by atoms with Crippen LogP contribution in [0.4, 0.5) is 0 Å². The lowest BCUT2D eigenvalue weighted by atomic mass is 9.95. The Bertz CT molecular complexity index is 467. The van der Waals surface area contributed by atoms with Gasteiger partial charge >= 0.3 is 0 Å². The highest BCUT2D eigenvalue weighted by molar-refractivity contribution is 5.07. The maximum absolute atomic E-state index is 4.31. The Morgan fingerprint density at radius 2 is 2.06 bits per heavy atom. The van der Waals surface area contributed by atoms with E-state index < -0.39 is 0 Å². The molecule has 3 rings (SSSR count). The fourth-order valence-electron chi connectivity index (χ4n) is 2.62. The topological polar surface area (TPSA) is 47.7 Å². The highest BCUT2D eigenvalue weighted by Gasteiger charge is 2.18. The van der Waals surface area contributed by atoms with Crippen molar-refractivity contribution in [2.24, 2.45) is 0 Å². The van der Waals surface area contributed by atoms with Crippen LogP contribution in [0.2, 0.25) is 0 Å². The molecule has 18 heavy (non-hydrogen) atoms. The van der Waals surface area contributed by atoms with Crippen LogP contribution >= 0.6 is 0 Å². The van der Waals surface area contributed by atoms with Crippen molar-refractivity contribution in [3.63, 3.8) is 0 Å². The van der Waals surface area contributed by atoms with Crippen LogP contribution in [0.3, 0.4) is 0 Å². The zero-order valence-corrected chi connectivity index (χ0v) is 10.5. The van der Waals surface area contributed by atoms with Crippen LogP contribution in [-0.4, -0.2) is 32.2 Å². The summed E-state index contributed by atoms with van der Waals surface area (Å²) in [6.07, 6.45) is 12.1. The molecule has 1 fully saturated rings. The molecular weight excluding hydrogens is 226 g/mol. The summed E-state index contributed by atoms with van der Waals surface area (Å²) in [4.78, 5) is 8.38. The number of aryl methyl sites for hydroxylation is 2. The van der Waals surface area contributed by atoms with Crippen LogP contribution in [0.1, 0.15) is 24.5 Å². The van der Waals surface area contributed by atoms with Gasteiger partial charge in [0.05, 0.1) is 12.7 Å². The normalized spacial score (nSPS) is 17.1. The highest BCUT2D eigenvalue weighted by atomic mass is 15.1. The Balaban J connectivity index is 1.67. The molecule has 0 aliphatic carbocycles. The van der Waals surface area contributed by atoms with Crippen molar-refractivity contribution in [1.29, 1.82) is 0 Å². The summed E-state index contributed by atoms with van der Waals surface area (Å²) < 4.78 is 4.39. The molecule has 3 heterocycles. The summed E-state index contributed by atoms with van der Waals surface area (Å²) in [6.45, 7) is 4.17. The summed E-state index contributed by atoms with van der Waals surface area (Å²) in [5.74, 6) is 0.663. The number of hydrogen-bond acceptors (Lipinski definition) is 3. The van der Waals surface area contributed by atoms with Crippen molar-refractivity contribution in [2.45, 2.75) is 31.8 Å². The molecule has 5 nitrogen and oxygen atoms in total. The second-order valence-corrected chi connectivity index (χ2v) is 4.84. The third kappa shape index (κ3) is 2.46. The zero-order chi connectivity index (χ0) is 12.2. The summed E-state index contributed by atoms with van der Waals surface area (Å²) in [6, 6.07) is 0. The van der Waals surface area contributed by atoms with E-state index in [4.69, 9.17) is 0 Å². The number of nitrogens with one attached hydrogen (secondary N) is 1. The molecule has 0 bridgehead atoms. The molecule has 0 atom stereocenters. The van der Waals surface area contributed by atoms with Gasteiger partial charge in [-0.3, -0.25) is 0 Å². The van der Waals surface area contributed by atoms with Gasteiger partial charge in [0.2, 0.25) is 0 Å². The first-order valence-electron chi connectivity index (χ1n) is 6.60. The lowest BCUT2D eigenvalue weighted by Gasteiger charge is -2.23.